The fourth-order valence-corrected chi connectivity index (χ4v) is 1.11. The fraction of sp³-hybridized carbons (Fsp3) is 0. The number of rotatable bonds is 3. The van der Waals surface area contributed by atoms with Crippen LogP contribution in [0.25, 0.3) is 0 Å². The maximum absolute atomic E-state index is 10.6. The van der Waals surface area contributed by atoms with Crippen molar-refractivity contribution in [3.05, 3.63) is 34.9 Å². The third kappa shape index (κ3) is 2.60. The van der Waals surface area contributed by atoms with Gasteiger partial charge in [0.15, 0.2) is 0 Å². The summed E-state index contributed by atoms with van der Waals surface area (Å²) in [6.07, 6.45) is 0. The molecule has 0 bridgehead atoms. The Labute approximate surface area is 100 Å². The van der Waals surface area contributed by atoms with E-state index in [0.29, 0.717) is 0 Å². The summed E-state index contributed by atoms with van der Waals surface area (Å²) in [4.78, 5) is 31.5. The van der Waals surface area contributed by atoms with Crippen LogP contribution in [-0.2, 0) is 0 Å². The monoisotopic (exact) mass is 234 g/mol. The Morgan fingerprint density at radius 2 is 1.19 bits per heavy atom. The number of carbonyl (C=O) groups is 3. The van der Waals surface area contributed by atoms with Crippen molar-refractivity contribution >= 4 is 35.3 Å². The Balaban J connectivity index is 0.00000225. The number of hydrogen-bond acceptors (Lipinski definition) is 6. The largest absolute Gasteiger partial charge is 3.00 e. The summed E-state index contributed by atoms with van der Waals surface area (Å²) in [6, 6.07) is 2.89. The molecule has 0 aliphatic rings. The molecular formula is C9H3AlO6. The fourth-order valence-electron chi connectivity index (χ4n) is 1.11. The number of aromatic carboxylic acids is 3. The van der Waals surface area contributed by atoms with Gasteiger partial charge < -0.3 is 29.7 Å². The third-order valence-electron chi connectivity index (χ3n) is 1.71. The van der Waals surface area contributed by atoms with Gasteiger partial charge in [-0.15, -0.1) is 0 Å². The molecule has 0 aromatic heterocycles. The van der Waals surface area contributed by atoms with Crippen molar-refractivity contribution in [2.75, 3.05) is 0 Å². The van der Waals surface area contributed by atoms with E-state index in [1.54, 1.807) is 0 Å². The first-order chi connectivity index (χ1) is 6.95. The molecule has 78 valence electrons. The van der Waals surface area contributed by atoms with Gasteiger partial charge in [-0.3, -0.25) is 0 Å². The van der Waals surface area contributed by atoms with Crippen LogP contribution in [-0.4, -0.2) is 35.3 Å². The summed E-state index contributed by atoms with van der Waals surface area (Å²) in [6.45, 7) is 0. The maximum Gasteiger partial charge on any atom is 3.00 e. The van der Waals surface area contributed by atoms with Crippen molar-refractivity contribution in [1.82, 2.24) is 0 Å². The molecule has 1 aromatic carbocycles. The van der Waals surface area contributed by atoms with Crippen LogP contribution in [0.1, 0.15) is 31.1 Å². The van der Waals surface area contributed by atoms with Gasteiger partial charge in [0.05, 0.1) is 17.9 Å². The van der Waals surface area contributed by atoms with Gasteiger partial charge in [-0.2, -0.15) is 0 Å². The number of carboxylic acids is 3. The van der Waals surface area contributed by atoms with Crippen molar-refractivity contribution in [1.29, 1.82) is 0 Å². The second-order valence-corrected chi connectivity index (χ2v) is 2.59. The van der Waals surface area contributed by atoms with Gasteiger partial charge in [-0.05, 0) is 0 Å². The molecule has 0 atom stereocenters. The van der Waals surface area contributed by atoms with E-state index < -0.39 is 34.6 Å². The standard InChI is InChI=1S/C9H6O6.Al/c10-7(11)4-2-1-3-5(8(12)13)6(4)9(14)15;/h1-3H,(H,10,11)(H,12,13)(H,14,15);/q;+3/p-3. The zero-order valence-electron chi connectivity index (χ0n) is 7.76. The smallest absolute Gasteiger partial charge is 0.545 e. The molecule has 0 saturated carbocycles. The molecule has 16 heavy (non-hydrogen) atoms. The van der Waals surface area contributed by atoms with Crippen LogP contribution in [0.15, 0.2) is 18.2 Å². The molecule has 0 aliphatic heterocycles. The average Bonchev–Trinajstić information content (AvgIpc) is 2.16. The molecule has 0 spiro atoms. The summed E-state index contributed by atoms with van der Waals surface area (Å²) >= 11 is 0. The van der Waals surface area contributed by atoms with Crippen LogP contribution < -0.4 is 15.3 Å². The van der Waals surface area contributed by atoms with Gasteiger partial charge in [0.25, 0.3) is 0 Å². The molecule has 0 N–H and O–H groups in total. The summed E-state index contributed by atoms with van der Waals surface area (Å²) < 4.78 is 0. The Hall–Kier alpha value is -1.84. The van der Waals surface area contributed by atoms with Crippen molar-refractivity contribution < 1.29 is 29.7 Å². The molecule has 1 rings (SSSR count). The molecular weight excluding hydrogens is 231 g/mol. The predicted octanol–water partition coefficient (Wildman–Crippen LogP) is -3.60. The quantitative estimate of drug-likeness (QED) is 0.498. The van der Waals surface area contributed by atoms with Crippen LogP contribution in [0.2, 0.25) is 0 Å². The van der Waals surface area contributed by atoms with E-state index in [2.05, 4.69) is 0 Å². The Kier molecular flexibility index (Phi) is 4.69. The van der Waals surface area contributed by atoms with Gasteiger partial charge in [-0.25, -0.2) is 0 Å². The minimum Gasteiger partial charge on any atom is -0.545 e. The van der Waals surface area contributed by atoms with E-state index in [9.17, 15) is 29.7 Å². The van der Waals surface area contributed by atoms with Crippen molar-refractivity contribution in [3.63, 3.8) is 0 Å². The second-order valence-electron chi connectivity index (χ2n) is 2.59. The first-order valence-corrected chi connectivity index (χ1v) is 3.72. The van der Waals surface area contributed by atoms with Crippen LogP contribution in [0.5, 0.6) is 0 Å². The Bertz CT molecular complexity index is 421. The number of carbonyl (C=O) groups excluding carboxylic acids is 3. The van der Waals surface area contributed by atoms with Crippen LogP contribution >= 0.6 is 0 Å². The maximum atomic E-state index is 10.6. The second kappa shape index (κ2) is 5.30. The average molecular weight is 234 g/mol. The van der Waals surface area contributed by atoms with Gasteiger partial charge in [-0.1, -0.05) is 18.2 Å². The van der Waals surface area contributed by atoms with Crippen LogP contribution in [0, 0.1) is 0 Å². The zero-order chi connectivity index (χ0) is 11.6. The van der Waals surface area contributed by atoms with Crippen molar-refractivity contribution in [2.45, 2.75) is 0 Å². The van der Waals surface area contributed by atoms with E-state index in [4.69, 9.17) is 0 Å². The summed E-state index contributed by atoms with van der Waals surface area (Å²) in [5.74, 6) is -5.50. The zero-order valence-corrected chi connectivity index (χ0v) is 8.91. The normalized spacial score (nSPS) is 9.00. The first-order valence-electron chi connectivity index (χ1n) is 3.72. The molecule has 6 nitrogen and oxygen atoms in total. The van der Waals surface area contributed by atoms with Gasteiger partial charge in [0.2, 0.25) is 0 Å². The van der Waals surface area contributed by atoms with Gasteiger partial charge in [0, 0.05) is 16.7 Å². The van der Waals surface area contributed by atoms with E-state index in [1.165, 1.54) is 0 Å². The molecule has 0 radical (unpaired) electrons. The Morgan fingerprint density at radius 1 is 0.812 bits per heavy atom. The topological polar surface area (TPSA) is 120 Å². The summed E-state index contributed by atoms with van der Waals surface area (Å²) in [5.41, 5.74) is -2.45. The first kappa shape index (κ1) is 14.2. The van der Waals surface area contributed by atoms with Crippen LogP contribution in [0.4, 0.5) is 0 Å². The van der Waals surface area contributed by atoms with Crippen molar-refractivity contribution in [3.8, 4) is 0 Å². The number of benzene rings is 1. The van der Waals surface area contributed by atoms with E-state index in [0.717, 1.165) is 18.2 Å². The molecule has 7 heteroatoms. The molecule has 0 heterocycles. The number of hydrogen-bond donors (Lipinski definition) is 0. The minimum absolute atomic E-state index is 0. The van der Waals surface area contributed by atoms with E-state index >= 15 is 0 Å². The van der Waals surface area contributed by atoms with Crippen molar-refractivity contribution in [2.24, 2.45) is 0 Å². The molecule has 1 aromatic rings. The third-order valence-corrected chi connectivity index (χ3v) is 1.71. The molecule has 0 unspecified atom stereocenters. The van der Waals surface area contributed by atoms with Crippen LogP contribution in [0.3, 0.4) is 0 Å². The SMILES string of the molecule is O=C([O-])c1cccc(C(=O)[O-])c1C(=O)[O-].[Al+3]. The molecule has 0 fully saturated rings. The minimum atomic E-state index is -1.91. The van der Waals surface area contributed by atoms with Gasteiger partial charge >= 0.3 is 17.4 Å². The Morgan fingerprint density at radius 3 is 1.44 bits per heavy atom. The molecule has 0 saturated heterocycles. The van der Waals surface area contributed by atoms with E-state index in [1.807, 2.05) is 0 Å². The van der Waals surface area contributed by atoms with E-state index in [-0.39, 0.29) is 17.4 Å². The van der Waals surface area contributed by atoms with Gasteiger partial charge in [0.1, 0.15) is 0 Å². The molecule has 0 aliphatic carbocycles. The predicted molar refractivity (Wildman–Crippen MR) is 45.2 cm³/mol. The molecule has 0 amide bonds. The summed E-state index contributed by atoms with van der Waals surface area (Å²) in [5, 5.41) is 31.5. The summed E-state index contributed by atoms with van der Waals surface area (Å²) in [7, 11) is 0. The number of carboxylic acid groups (broad SMARTS) is 3.